The van der Waals surface area contributed by atoms with Gasteiger partial charge in [0, 0.05) is 0 Å². The number of benzene rings is 2. The number of imidazole rings is 1. The second kappa shape index (κ2) is 4.83. The predicted octanol–water partition coefficient (Wildman–Crippen LogP) is 4.32. The number of halogens is 1. The van der Waals surface area contributed by atoms with Crippen molar-refractivity contribution < 1.29 is 4.39 Å². The van der Waals surface area contributed by atoms with Gasteiger partial charge in [-0.15, -0.1) is 0 Å². The Bertz CT molecular complexity index is 960. The molecule has 21 heavy (non-hydrogen) atoms. The van der Waals surface area contributed by atoms with Crippen LogP contribution < -0.4 is 0 Å². The lowest BCUT2D eigenvalue weighted by Gasteiger charge is -2.09. The summed E-state index contributed by atoms with van der Waals surface area (Å²) in [5.41, 5.74) is 4.08. The second-order valence-electron chi connectivity index (χ2n) is 4.96. The van der Waals surface area contributed by atoms with E-state index in [0.29, 0.717) is 27.1 Å². The fourth-order valence-electron chi connectivity index (χ4n) is 2.46. The fourth-order valence-corrected chi connectivity index (χ4v) is 2.76. The van der Waals surface area contributed by atoms with E-state index >= 15 is 0 Å². The summed E-state index contributed by atoms with van der Waals surface area (Å²) in [4.78, 5) is 2.99. The lowest BCUT2D eigenvalue weighted by molar-refractivity contribution is 0.620. The molecular formula is C16H12FN3S. The van der Waals surface area contributed by atoms with Gasteiger partial charge in [-0.25, -0.2) is 4.39 Å². The van der Waals surface area contributed by atoms with Gasteiger partial charge in [0.25, 0.3) is 0 Å². The summed E-state index contributed by atoms with van der Waals surface area (Å²) in [6.07, 6.45) is 0. The summed E-state index contributed by atoms with van der Waals surface area (Å²) < 4.78 is 15.9. The van der Waals surface area contributed by atoms with Crippen LogP contribution in [0.15, 0.2) is 30.3 Å². The molecule has 0 unspecified atom stereocenters. The standard InChI is InChI=1S/C16H12FN3S/c1-9-4-3-5-14(11(9)8-18)20-15-6-10(2)12(17)7-13(15)19-16(20)21/h3-7H,1-2H3,(H,19,21). The summed E-state index contributed by atoms with van der Waals surface area (Å²) in [6.45, 7) is 3.59. The van der Waals surface area contributed by atoms with Gasteiger partial charge < -0.3 is 4.98 Å². The number of aromatic nitrogens is 2. The zero-order chi connectivity index (χ0) is 15.1. The lowest BCUT2D eigenvalue weighted by Crippen LogP contribution is -1.99. The zero-order valence-electron chi connectivity index (χ0n) is 11.6. The molecule has 0 bridgehead atoms. The summed E-state index contributed by atoms with van der Waals surface area (Å²) in [5.74, 6) is -0.282. The van der Waals surface area contributed by atoms with Crippen LogP contribution in [0.3, 0.4) is 0 Å². The Morgan fingerprint density at radius 3 is 2.71 bits per heavy atom. The van der Waals surface area contributed by atoms with Gasteiger partial charge in [0.05, 0.1) is 22.3 Å². The van der Waals surface area contributed by atoms with Crippen molar-refractivity contribution in [3.8, 4) is 11.8 Å². The van der Waals surface area contributed by atoms with E-state index < -0.39 is 0 Å². The zero-order valence-corrected chi connectivity index (χ0v) is 12.4. The summed E-state index contributed by atoms with van der Waals surface area (Å²) >= 11 is 5.35. The van der Waals surface area contributed by atoms with Crippen LogP contribution >= 0.6 is 12.2 Å². The Morgan fingerprint density at radius 1 is 1.24 bits per heavy atom. The van der Waals surface area contributed by atoms with Crippen LogP contribution in [0.5, 0.6) is 0 Å². The van der Waals surface area contributed by atoms with E-state index in [1.54, 1.807) is 17.6 Å². The van der Waals surface area contributed by atoms with Crippen LogP contribution in [-0.2, 0) is 0 Å². The van der Waals surface area contributed by atoms with Crippen LogP contribution in [0.2, 0.25) is 0 Å². The Morgan fingerprint density at radius 2 is 2.00 bits per heavy atom. The number of fused-ring (bicyclic) bond motifs is 1. The molecule has 2 aromatic carbocycles. The third kappa shape index (κ3) is 2.05. The lowest BCUT2D eigenvalue weighted by atomic mass is 10.1. The maximum atomic E-state index is 13.7. The fraction of sp³-hybridized carbons (Fsp3) is 0.125. The van der Waals surface area contributed by atoms with Crippen LogP contribution in [-0.4, -0.2) is 9.55 Å². The van der Waals surface area contributed by atoms with E-state index in [1.165, 1.54) is 6.07 Å². The molecule has 0 saturated heterocycles. The van der Waals surface area contributed by atoms with Gasteiger partial charge in [0.15, 0.2) is 4.77 Å². The van der Waals surface area contributed by atoms with Gasteiger partial charge in [0.1, 0.15) is 11.9 Å². The van der Waals surface area contributed by atoms with Crippen molar-refractivity contribution in [2.75, 3.05) is 0 Å². The van der Waals surface area contributed by atoms with E-state index in [-0.39, 0.29) is 5.82 Å². The molecule has 1 heterocycles. The number of aromatic amines is 1. The molecule has 0 spiro atoms. The van der Waals surface area contributed by atoms with Crippen molar-refractivity contribution >= 4 is 23.3 Å². The molecule has 0 amide bonds. The quantitative estimate of drug-likeness (QED) is 0.680. The van der Waals surface area contributed by atoms with Gasteiger partial charge in [-0.2, -0.15) is 5.26 Å². The topological polar surface area (TPSA) is 44.5 Å². The number of nitrogens with zero attached hydrogens (tertiary/aromatic N) is 2. The maximum Gasteiger partial charge on any atom is 0.182 e. The molecule has 0 radical (unpaired) electrons. The monoisotopic (exact) mass is 297 g/mol. The molecule has 0 aliphatic heterocycles. The van der Waals surface area contributed by atoms with Crippen molar-refractivity contribution in [3.05, 3.63) is 57.6 Å². The van der Waals surface area contributed by atoms with E-state index in [1.807, 2.05) is 25.1 Å². The van der Waals surface area contributed by atoms with Crippen LogP contribution in [0.25, 0.3) is 16.7 Å². The molecule has 5 heteroatoms. The van der Waals surface area contributed by atoms with Gasteiger partial charge in [-0.05, 0) is 55.4 Å². The molecule has 1 N–H and O–H groups in total. The molecule has 0 aliphatic rings. The smallest absolute Gasteiger partial charge is 0.182 e. The van der Waals surface area contributed by atoms with Crippen molar-refractivity contribution in [2.24, 2.45) is 0 Å². The summed E-state index contributed by atoms with van der Waals surface area (Å²) in [6, 6.07) is 11.0. The highest BCUT2D eigenvalue weighted by Gasteiger charge is 2.13. The average molecular weight is 297 g/mol. The van der Waals surface area contributed by atoms with Crippen LogP contribution in [0, 0.1) is 35.8 Å². The van der Waals surface area contributed by atoms with Crippen molar-refractivity contribution in [1.82, 2.24) is 9.55 Å². The number of H-pyrrole nitrogens is 1. The maximum absolute atomic E-state index is 13.7. The van der Waals surface area contributed by atoms with Gasteiger partial charge in [-0.1, -0.05) is 12.1 Å². The summed E-state index contributed by atoms with van der Waals surface area (Å²) in [7, 11) is 0. The normalized spacial score (nSPS) is 10.8. The van der Waals surface area contributed by atoms with Gasteiger partial charge >= 0.3 is 0 Å². The largest absolute Gasteiger partial charge is 0.330 e. The Kier molecular flexibility index (Phi) is 3.11. The van der Waals surface area contributed by atoms with Crippen molar-refractivity contribution in [2.45, 2.75) is 13.8 Å². The first-order valence-electron chi connectivity index (χ1n) is 6.44. The summed E-state index contributed by atoms with van der Waals surface area (Å²) in [5, 5.41) is 9.39. The van der Waals surface area contributed by atoms with E-state index in [4.69, 9.17) is 12.2 Å². The van der Waals surface area contributed by atoms with Crippen LogP contribution in [0.4, 0.5) is 4.39 Å². The molecule has 0 saturated carbocycles. The van der Waals surface area contributed by atoms with E-state index in [2.05, 4.69) is 11.1 Å². The minimum Gasteiger partial charge on any atom is -0.330 e. The van der Waals surface area contributed by atoms with E-state index in [0.717, 1.165) is 11.1 Å². The highest BCUT2D eigenvalue weighted by atomic mass is 32.1. The van der Waals surface area contributed by atoms with Crippen molar-refractivity contribution in [3.63, 3.8) is 0 Å². The molecule has 0 fully saturated rings. The predicted molar refractivity (Wildman–Crippen MR) is 82.6 cm³/mol. The first kappa shape index (κ1) is 13.5. The third-order valence-electron chi connectivity index (χ3n) is 3.57. The Balaban J connectivity index is 2.44. The molecule has 1 aromatic heterocycles. The van der Waals surface area contributed by atoms with Gasteiger partial charge in [0.2, 0.25) is 0 Å². The number of hydrogen-bond acceptors (Lipinski definition) is 2. The molecule has 3 aromatic rings. The number of hydrogen-bond donors (Lipinski definition) is 1. The van der Waals surface area contributed by atoms with Crippen LogP contribution in [0.1, 0.15) is 16.7 Å². The minimum absolute atomic E-state index is 0.282. The Labute approximate surface area is 126 Å². The molecule has 3 rings (SSSR count). The number of rotatable bonds is 1. The van der Waals surface area contributed by atoms with E-state index in [9.17, 15) is 9.65 Å². The SMILES string of the molecule is Cc1cc2c(cc1F)[nH]c(=S)n2-c1cccc(C)c1C#N. The molecular weight excluding hydrogens is 285 g/mol. The average Bonchev–Trinajstić information content (AvgIpc) is 2.74. The highest BCUT2D eigenvalue weighted by Crippen LogP contribution is 2.25. The molecule has 3 nitrogen and oxygen atoms in total. The Hall–Kier alpha value is -2.45. The third-order valence-corrected chi connectivity index (χ3v) is 3.85. The minimum atomic E-state index is -0.282. The first-order valence-corrected chi connectivity index (χ1v) is 6.84. The number of aryl methyl sites for hydroxylation is 2. The molecule has 0 aliphatic carbocycles. The van der Waals surface area contributed by atoms with Gasteiger partial charge in [-0.3, -0.25) is 4.57 Å². The second-order valence-corrected chi connectivity index (χ2v) is 5.35. The number of nitrogens with one attached hydrogen (secondary N) is 1. The molecule has 104 valence electrons. The molecule has 0 atom stereocenters. The highest BCUT2D eigenvalue weighted by molar-refractivity contribution is 7.71. The first-order chi connectivity index (χ1) is 10.0. The number of nitriles is 1. The van der Waals surface area contributed by atoms with Crippen molar-refractivity contribution in [1.29, 1.82) is 5.26 Å².